The number of rotatable bonds is 4. The molecule has 0 amide bonds. The number of nitrogens with one attached hydrogen (secondary N) is 1. The molecule has 1 heterocycles. The molecule has 1 aromatic rings. The third-order valence-electron chi connectivity index (χ3n) is 1.32. The van der Waals surface area contributed by atoms with E-state index >= 15 is 0 Å². The van der Waals surface area contributed by atoms with Crippen molar-refractivity contribution in [3.63, 3.8) is 0 Å². The average molecular weight is 220 g/mol. The molecule has 3 N–H and O–H groups in total. The van der Waals surface area contributed by atoms with Gasteiger partial charge in [0.15, 0.2) is 5.82 Å². The molecule has 0 saturated heterocycles. The molecular weight excluding hydrogens is 208 g/mol. The third-order valence-corrected chi connectivity index (χ3v) is 2.01. The van der Waals surface area contributed by atoms with Crippen LogP contribution in [0, 0.1) is 0 Å². The van der Waals surface area contributed by atoms with E-state index in [-0.39, 0.29) is 12.7 Å². The zero-order chi connectivity index (χ0) is 10.8. The maximum atomic E-state index is 10.8. The molecule has 80 valence electrons. The minimum absolute atomic E-state index is 0.0398. The number of aromatic amines is 1. The predicted molar refractivity (Wildman–Crippen MR) is 47.7 cm³/mol. The minimum atomic E-state index is -3.83. The lowest BCUT2D eigenvalue weighted by Gasteiger charge is -2.03. The van der Waals surface area contributed by atoms with Crippen LogP contribution in [0.25, 0.3) is 0 Å². The Morgan fingerprint density at radius 2 is 2.21 bits per heavy atom. The normalized spacial score (nSPS) is 12.3. The van der Waals surface area contributed by atoms with Crippen molar-refractivity contribution in [3.05, 3.63) is 5.82 Å². The van der Waals surface area contributed by atoms with E-state index < -0.39 is 15.2 Å². The van der Waals surface area contributed by atoms with Crippen molar-refractivity contribution in [1.29, 1.82) is 0 Å². The summed E-state index contributed by atoms with van der Waals surface area (Å²) < 4.78 is 26.7. The van der Waals surface area contributed by atoms with Crippen LogP contribution in [0.4, 0.5) is 0 Å². The topological polar surface area (TPSA) is 111 Å². The maximum absolute atomic E-state index is 10.8. The van der Waals surface area contributed by atoms with Crippen LogP contribution >= 0.6 is 0 Å². The van der Waals surface area contributed by atoms with Crippen LogP contribution in [0.3, 0.4) is 0 Å². The number of sulfonamides is 1. The molecule has 7 nitrogen and oxygen atoms in total. The van der Waals surface area contributed by atoms with Gasteiger partial charge in [-0.1, -0.05) is 0 Å². The van der Waals surface area contributed by atoms with Gasteiger partial charge >= 0.3 is 0 Å². The summed E-state index contributed by atoms with van der Waals surface area (Å²) in [5, 5.41) is 10.3. The first-order valence-electron chi connectivity index (χ1n) is 3.95. The Labute approximate surface area is 81.7 Å². The molecule has 0 fully saturated rings. The molecule has 0 aliphatic carbocycles. The van der Waals surface area contributed by atoms with Gasteiger partial charge in [-0.3, -0.25) is 5.10 Å². The molecule has 1 aromatic heterocycles. The Morgan fingerprint density at radius 3 is 2.64 bits per heavy atom. The van der Waals surface area contributed by atoms with Gasteiger partial charge in [-0.25, -0.2) is 13.6 Å². The van der Waals surface area contributed by atoms with E-state index in [9.17, 15) is 8.42 Å². The summed E-state index contributed by atoms with van der Waals surface area (Å²) in [6.07, 6.45) is 0.0398. The summed E-state index contributed by atoms with van der Waals surface area (Å²) in [6.45, 7) is 3.90. The Balaban J connectivity index is 2.70. The van der Waals surface area contributed by atoms with Crippen molar-refractivity contribution in [2.45, 2.75) is 31.7 Å². The number of H-pyrrole nitrogens is 1. The quantitative estimate of drug-likeness (QED) is 0.702. The second-order valence-electron chi connectivity index (χ2n) is 2.97. The summed E-state index contributed by atoms with van der Waals surface area (Å²) in [6, 6.07) is 0. The van der Waals surface area contributed by atoms with E-state index in [1.165, 1.54) is 0 Å². The van der Waals surface area contributed by atoms with Crippen LogP contribution in [0.5, 0.6) is 0 Å². The number of primary sulfonamides is 1. The lowest BCUT2D eigenvalue weighted by atomic mass is 10.5. The zero-order valence-electron chi connectivity index (χ0n) is 7.89. The highest BCUT2D eigenvalue weighted by molar-refractivity contribution is 7.89. The molecule has 0 radical (unpaired) electrons. The van der Waals surface area contributed by atoms with Gasteiger partial charge in [-0.05, 0) is 13.8 Å². The first kappa shape index (κ1) is 11.1. The average Bonchev–Trinajstić information content (AvgIpc) is 2.47. The number of nitrogens with zero attached hydrogens (tertiary/aromatic N) is 2. The van der Waals surface area contributed by atoms with Crippen LogP contribution in [-0.2, 0) is 21.4 Å². The van der Waals surface area contributed by atoms with Crippen LogP contribution in [-0.4, -0.2) is 29.7 Å². The molecule has 0 bridgehead atoms. The number of hydrogen-bond acceptors (Lipinski definition) is 5. The van der Waals surface area contributed by atoms with Gasteiger partial charge in [-0.2, -0.15) is 4.98 Å². The molecule has 0 unspecified atom stereocenters. The summed E-state index contributed by atoms with van der Waals surface area (Å²) in [7, 11) is -3.83. The second-order valence-corrected chi connectivity index (χ2v) is 4.42. The van der Waals surface area contributed by atoms with Crippen LogP contribution in [0.2, 0.25) is 0 Å². The molecule has 0 atom stereocenters. The Bertz CT molecular complexity index is 397. The SMILES string of the molecule is CC(C)OCc1nc(S(N)(=O)=O)n[nH]1. The summed E-state index contributed by atoms with van der Waals surface area (Å²) in [4.78, 5) is 3.65. The van der Waals surface area contributed by atoms with E-state index in [4.69, 9.17) is 9.88 Å². The molecule has 0 spiro atoms. The highest BCUT2D eigenvalue weighted by atomic mass is 32.2. The number of nitrogens with two attached hydrogens (primary N) is 1. The minimum Gasteiger partial charge on any atom is -0.371 e. The van der Waals surface area contributed by atoms with Gasteiger partial charge in [0.25, 0.3) is 15.2 Å². The lowest BCUT2D eigenvalue weighted by Crippen LogP contribution is -2.14. The van der Waals surface area contributed by atoms with Crippen molar-refractivity contribution in [1.82, 2.24) is 15.2 Å². The molecule has 0 aliphatic heterocycles. The fourth-order valence-corrected chi connectivity index (χ4v) is 1.13. The fourth-order valence-electron chi connectivity index (χ4n) is 0.715. The standard InChI is InChI=1S/C6H12N4O3S/c1-4(2)13-3-5-8-6(10-9-5)14(7,11)12/h4H,3H2,1-2H3,(H2,7,11,12)(H,8,9,10). The van der Waals surface area contributed by atoms with Gasteiger partial charge in [0.2, 0.25) is 0 Å². The van der Waals surface area contributed by atoms with Crippen molar-refractivity contribution >= 4 is 10.0 Å². The van der Waals surface area contributed by atoms with Crippen LogP contribution in [0.15, 0.2) is 5.16 Å². The predicted octanol–water partition coefficient (Wildman–Crippen LogP) is -0.623. The van der Waals surface area contributed by atoms with E-state index in [0.717, 1.165) is 0 Å². The Hall–Kier alpha value is -0.990. The largest absolute Gasteiger partial charge is 0.371 e. The monoisotopic (exact) mass is 220 g/mol. The molecule has 14 heavy (non-hydrogen) atoms. The summed E-state index contributed by atoms with van der Waals surface area (Å²) in [5.41, 5.74) is 0. The Morgan fingerprint density at radius 1 is 1.57 bits per heavy atom. The molecule has 0 aromatic carbocycles. The molecule has 0 aliphatic rings. The molecule has 1 rings (SSSR count). The smallest absolute Gasteiger partial charge is 0.282 e. The molecular formula is C6H12N4O3S. The number of ether oxygens (including phenoxy) is 1. The maximum Gasteiger partial charge on any atom is 0.282 e. The van der Waals surface area contributed by atoms with Gasteiger partial charge in [0.05, 0.1) is 6.10 Å². The van der Waals surface area contributed by atoms with Gasteiger partial charge in [0, 0.05) is 0 Å². The molecule has 8 heteroatoms. The zero-order valence-corrected chi connectivity index (χ0v) is 8.71. The van der Waals surface area contributed by atoms with Crippen molar-refractivity contribution in [2.24, 2.45) is 5.14 Å². The Kier molecular flexibility index (Phi) is 3.19. The van der Waals surface area contributed by atoms with E-state index in [1.807, 2.05) is 13.8 Å². The summed E-state index contributed by atoms with van der Waals surface area (Å²) in [5.74, 6) is 0.336. The van der Waals surface area contributed by atoms with Crippen molar-refractivity contribution < 1.29 is 13.2 Å². The highest BCUT2D eigenvalue weighted by Crippen LogP contribution is 2.01. The third kappa shape index (κ3) is 3.05. The van der Waals surface area contributed by atoms with Crippen molar-refractivity contribution in [2.75, 3.05) is 0 Å². The second kappa shape index (κ2) is 4.03. The van der Waals surface area contributed by atoms with Crippen LogP contribution in [0.1, 0.15) is 19.7 Å². The molecule has 0 saturated carbocycles. The van der Waals surface area contributed by atoms with Gasteiger partial charge < -0.3 is 4.74 Å². The highest BCUT2D eigenvalue weighted by Gasteiger charge is 2.14. The van der Waals surface area contributed by atoms with Gasteiger partial charge in [-0.15, -0.1) is 5.10 Å². The van der Waals surface area contributed by atoms with Crippen LogP contribution < -0.4 is 5.14 Å². The van der Waals surface area contributed by atoms with E-state index in [2.05, 4.69) is 15.2 Å². The fraction of sp³-hybridized carbons (Fsp3) is 0.667. The number of aromatic nitrogens is 3. The first-order chi connectivity index (χ1) is 6.39. The first-order valence-corrected chi connectivity index (χ1v) is 5.50. The van der Waals surface area contributed by atoms with Gasteiger partial charge in [0.1, 0.15) is 6.61 Å². The lowest BCUT2D eigenvalue weighted by molar-refractivity contribution is 0.0614. The van der Waals surface area contributed by atoms with E-state index in [1.54, 1.807) is 0 Å². The van der Waals surface area contributed by atoms with E-state index in [0.29, 0.717) is 5.82 Å². The van der Waals surface area contributed by atoms with Crippen molar-refractivity contribution in [3.8, 4) is 0 Å². The number of hydrogen-bond donors (Lipinski definition) is 2. The summed E-state index contributed by atoms with van der Waals surface area (Å²) >= 11 is 0.